The van der Waals surface area contributed by atoms with Gasteiger partial charge in [-0.1, -0.05) is 6.07 Å². The number of anilines is 1. The van der Waals surface area contributed by atoms with Crippen LogP contribution in [0.5, 0.6) is 11.6 Å². The van der Waals surface area contributed by atoms with E-state index in [1.54, 1.807) is 23.9 Å². The Balaban J connectivity index is 1.46. The molecule has 0 saturated carbocycles. The Morgan fingerprint density at radius 1 is 1.17 bits per heavy atom. The second-order valence-corrected chi connectivity index (χ2v) is 8.80. The van der Waals surface area contributed by atoms with E-state index in [2.05, 4.69) is 21.5 Å². The topological polar surface area (TPSA) is 136 Å². The van der Waals surface area contributed by atoms with E-state index in [1.165, 1.54) is 24.8 Å². The maximum Gasteiger partial charge on any atom is 0.335 e. The number of hydrogen-bond donors (Lipinski definition) is 3. The number of ether oxygens (including phenoxy) is 2. The van der Waals surface area contributed by atoms with E-state index >= 15 is 0 Å². The third kappa shape index (κ3) is 5.94. The van der Waals surface area contributed by atoms with Crippen molar-refractivity contribution in [3.8, 4) is 11.6 Å². The van der Waals surface area contributed by atoms with Crippen LogP contribution in [0.1, 0.15) is 51.6 Å². The van der Waals surface area contributed by atoms with E-state index < -0.39 is 17.9 Å². The van der Waals surface area contributed by atoms with Gasteiger partial charge >= 0.3 is 11.9 Å². The molecule has 4 rings (SSSR count). The number of fused-ring (bicyclic) bond motifs is 1. The molecule has 3 heterocycles. The number of aromatic carboxylic acids is 1. The van der Waals surface area contributed by atoms with Crippen LogP contribution in [0.15, 0.2) is 36.4 Å². The number of aryl methyl sites for hydroxylation is 2. The predicted molar refractivity (Wildman–Crippen MR) is 132 cm³/mol. The van der Waals surface area contributed by atoms with Crippen molar-refractivity contribution in [1.82, 2.24) is 14.8 Å². The predicted octanol–water partition coefficient (Wildman–Crippen LogP) is 3.30. The fourth-order valence-electron chi connectivity index (χ4n) is 4.45. The van der Waals surface area contributed by atoms with Gasteiger partial charge in [0.2, 0.25) is 5.88 Å². The molecule has 36 heavy (non-hydrogen) atoms. The fourth-order valence-corrected chi connectivity index (χ4v) is 4.45. The van der Waals surface area contributed by atoms with E-state index in [0.717, 1.165) is 30.9 Å². The van der Waals surface area contributed by atoms with Gasteiger partial charge in [0, 0.05) is 37.7 Å². The molecule has 1 aromatic carbocycles. The molecule has 2 aromatic heterocycles. The number of aliphatic carboxylic acids is 1. The third-order valence-electron chi connectivity index (χ3n) is 6.24. The van der Waals surface area contributed by atoms with E-state index in [4.69, 9.17) is 9.47 Å². The number of carboxylic acids is 2. The molecule has 1 aliphatic heterocycles. The first-order valence-electron chi connectivity index (χ1n) is 11.9. The summed E-state index contributed by atoms with van der Waals surface area (Å²) in [6.07, 6.45) is 2.87. The van der Waals surface area contributed by atoms with Crippen LogP contribution in [-0.4, -0.2) is 57.2 Å². The molecule has 0 bridgehead atoms. The smallest absolute Gasteiger partial charge is 0.335 e. The minimum absolute atomic E-state index is 0.0669. The summed E-state index contributed by atoms with van der Waals surface area (Å²) in [5.41, 5.74) is 3.40. The maximum atomic E-state index is 11.6. The summed E-state index contributed by atoms with van der Waals surface area (Å²) < 4.78 is 13.0. The van der Waals surface area contributed by atoms with E-state index in [9.17, 15) is 19.8 Å². The molecule has 0 radical (unpaired) electrons. The van der Waals surface area contributed by atoms with Gasteiger partial charge in [-0.15, -0.1) is 0 Å². The average Bonchev–Trinajstić information content (AvgIpc) is 3.21. The number of carboxylic acid groups (broad SMARTS) is 2. The number of benzene rings is 1. The Kier molecular flexibility index (Phi) is 7.72. The molecule has 0 aliphatic carbocycles. The maximum absolute atomic E-state index is 11.6. The van der Waals surface area contributed by atoms with Crippen molar-refractivity contribution in [2.24, 2.45) is 7.05 Å². The molecule has 190 valence electrons. The van der Waals surface area contributed by atoms with Gasteiger partial charge in [-0.05, 0) is 54.7 Å². The van der Waals surface area contributed by atoms with Crippen molar-refractivity contribution in [1.29, 1.82) is 0 Å². The lowest BCUT2D eigenvalue weighted by Crippen LogP contribution is -2.14. The number of nitrogens with zero attached hydrogens (tertiary/aromatic N) is 3. The zero-order chi connectivity index (χ0) is 25.7. The van der Waals surface area contributed by atoms with Gasteiger partial charge in [0.05, 0.1) is 31.4 Å². The summed E-state index contributed by atoms with van der Waals surface area (Å²) in [5, 5.41) is 26.7. The second kappa shape index (κ2) is 11.1. The molecule has 1 aliphatic rings. The molecule has 1 atom stereocenters. The number of pyridine rings is 1. The van der Waals surface area contributed by atoms with E-state index in [1.807, 2.05) is 6.07 Å². The first-order chi connectivity index (χ1) is 17.3. The molecule has 0 fully saturated rings. The SMILES string of the molecule is COc1ccc(C(=O)O)cc1C(CC(=O)O)Cc1cc(OCCc2ccc3c(n2)NCCC3)n(C)n1. The molecule has 0 saturated heterocycles. The van der Waals surface area contributed by atoms with Gasteiger partial charge in [-0.3, -0.25) is 4.79 Å². The fraction of sp³-hybridized carbons (Fsp3) is 0.385. The van der Waals surface area contributed by atoms with Crippen molar-refractivity contribution in [2.45, 2.75) is 38.0 Å². The van der Waals surface area contributed by atoms with Crippen molar-refractivity contribution >= 4 is 17.8 Å². The van der Waals surface area contributed by atoms with Crippen molar-refractivity contribution in [3.63, 3.8) is 0 Å². The highest BCUT2D eigenvalue weighted by Gasteiger charge is 2.23. The number of nitrogens with one attached hydrogen (secondary N) is 1. The molecule has 0 amide bonds. The minimum atomic E-state index is -1.09. The van der Waals surface area contributed by atoms with Crippen LogP contribution in [-0.2, 0) is 31.1 Å². The van der Waals surface area contributed by atoms with Crippen LogP contribution < -0.4 is 14.8 Å². The normalized spacial score (nSPS) is 13.4. The zero-order valence-electron chi connectivity index (χ0n) is 20.4. The van der Waals surface area contributed by atoms with Gasteiger partial charge in [-0.2, -0.15) is 5.10 Å². The lowest BCUT2D eigenvalue weighted by Gasteiger charge is -2.18. The Morgan fingerprint density at radius 3 is 2.75 bits per heavy atom. The molecule has 1 unspecified atom stereocenters. The zero-order valence-corrected chi connectivity index (χ0v) is 20.4. The van der Waals surface area contributed by atoms with Crippen LogP contribution in [0.25, 0.3) is 0 Å². The number of carbonyl (C=O) groups is 2. The Hall–Kier alpha value is -4.08. The Morgan fingerprint density at radius 2 is 2.00 bits per heavy atom. The summed E-state index contributed by atoms with van der Waals surface area (Å²) in [4.78, 5) is 27.8. The molecule has 3 N–H and O–H groups in total. The number of methoxy groups -OCH3 is 1. The van der Waals surface area contributed by atoms with Gasteiger partial charge in [0.1, 0.15) is 11.6 Å². The lowest BCUT2D eigenvalue weighted by atomic mass is 9.89. The summed E-state index contributed by atoms with van der Waals surface area (Å²) in [7, 11) is 3.23. The Bertz CT molecular complexity index is 1260. The highest BCUT2D eigenvalue weighted by molar-refractivity contribution is 5.88. The van der Waals surface area contributed by atoms with Crippen LogP contribution >= 0.6 is 0 Å². The monoisotopic (exact) mass is 494 g/mol. The van der Waals surface area contributed by atoms with Gasteiger partial charge in [0.25, 0.3) is 0 Å². The molecular weight excluding hydrogens is 464 g/mol. The Labute approximate surface area is 208 Å². The van der Waals surface area contributed by atoms with Crippen molar-refractivity contribution < 1.29 is 29.3 Å². The van der Waals surface area contributed by atoms with Crippen LogP contribution in [0.2, 0.25) is 0 Å². The number of aromatic nitrogens is 3. The van der Waals surface area contributed by atoms with Crippen LogP contribution in [0.3, 0.4) is 0 Å². The van der Waals surface area contributed by atoms with Crippen molar-refractivity contribution in [3.05, 3.63) is 64.5 Å². The standard InChI is InChI=1S/C26H30N4O6/c1-30-23(36-11-9-19-7-5-16-4-3-10-27-25(16)28-19)15-20(29-30)12-18(14-24(31)32)21-13-17(26(33)34)6-8-22(21)35-2/h5-8,13,15,18H,3-4,9-12,14H2,1-2H3,(H,27,28)(H,31,32)(H,33,34). The summed E-state index contributed by atoms with van der Waals surface area (Å²) in [5.74, 6) is -0.680. The largest absolute Gasteiger partial charge is 0.496 e. The lowest BCUT2D eigenvalue weighted by molar-refractivity contribution is -0.137. The third-order valence-corrected chi connectivity index (χ3v) is 6.24. The highest BCUT2D eigenvalue weighted by atomic mass is 16.5. The molecular formula is C26H30N4O6. The summed E-state index contributed by atoms with van der Waals surface area (Å²) >= 11 is 0. The minimum Gasteiger partial charge on any atom is -0.496 e. The van der Waals surface area contributed by atoms with E-state index in [-0.39, 0.29) is 18.4 Å². The highest BCUT2D eigenvalue weighted by Crippen LogP contribution is 2.33. The first kappa shape index (κ1) is 25.0. The first-order valence-corrected chi connectivity index (χ1v) is 11.9. The number of hydrogen-bond acceptors (Lipinski definition) is 7. The van der Waals surface area contributed by atoms with Crippen molar-refractivity contribution in [2.75, 3.05) is 25.6 Å². The molecule has 0 spiro atoms. The quantitative estimate of drug-likeness (QED) is 0.367. The van der Waals surface area contributed by atoms with Crippen LogP contribution in [0.4, 0.5) is 5.82 Å². The van der Waals surface area contributed by atoms with Gasteiger partial charge < -0.3 is 25.0 Å². The summed E-state index contributed by atoms with van der Waals surface area (Å²) in [6.45, 7) is 1.35. The number of rotatable bonds is 11. The van der Waals surface area contributed by atoms with Gasteiger partial charge in [0.15, 0.2) is 0 Å². The summed E-state index contributed by atoms with van der Waals surface area (Å²) in [6, 6.07) is 10.4. The second-order valence-electron chi connectivity index (χ2n) is 8.80. The van der Waals surface area contributed by atoms with E-state index in [0.29, 0.717) is 35.9 Å². The molecule has 3 aromatic rings. The molecule has 10 heteroatoms. The molecule has 10 nitrogen and oxygen atoms in total. The van der Waals surface area contributed by atoms with Gasteiger partial charge in [-0.25, -0.2) is 14.5 Å². The van der Waals surface area contributed by atoms with Crippen LogP contribution in [0, 0.1) is 0 Å². The average molecular weight is 495 g/mol.